The topological polar surface area (TPSA) is 29.5 Å². The molecule has 1 N–H and O–H groups in total. The summed E-state index contributed by atoms with van der Waals surface area (Å²) in [6, 6.07) is 0. The van der Waals surface area contributed by atoms with Crippen LogP contribution in [0, 0.1) is 5.92 Å². The minimum atomic E-state index is -0.881. The Morgan fingerprint density at radius 3 is 2.90 bits per heavy atom. The molecular formula is C7H13FO2. The lowest BCUT2D eigenvalue weighted by molar-refractivity contribution is -0.0618. The average Bonchev–Trinajstić information content (AvgIpc) is 1.88. The van der Waals surface area contributed by atoms with Crippen LogP contribution in [0.25, 0.3) is 0 Å². The van der Waals surface area contributed by atoms with Gasteiger partial charge in [0.05, 0.1) is 19.3 Å². The standard InChI is InChI=1S/C7H13FO2/c1-5-2-7(8)6(3-9)4-10-5/h5-7,9H,2-4H2,1H3/t5-,6+,7+/m1/s1. The molecule has 1 saturated heterocycles. The van der Waals surface area contributed by atoms with Crippen molar-refractivity contribution in [2.24, 2.45) is 5.92 Å². The first-order valence-corrected chi connectivity index (χ1v) is 3.60. The summed E-state index contributed by atoms with van der Waals surface area (Å²) in [4.78, 5) is 0. The van der Waals surface area contributed by atoms with Gasteiger partial charge in [-0.25, -0.2) is 4.39 Å². The summed E-state index contributed by atoms with van der Waals surface area (Å²) in [5, 5.41) is 8.63. The van der Waals surface area contributed by atoms with Crippen LogP contribution in [-0.2, 0) is 4.74 Å². The number of halogens is 1. The van der Waals surface area contributed by atoms with Crippen LogP contribution in [0.3, 0.4) is 0 Å². The zero-order valence-corrected chi connectivity index (χ0v) is 6.09. The summed E-state index contributed by atoms with van der Waals surface area (Å²) >= 11 is 0. The van der Waals surface area contributed by atoms with Gasteiger partial charge in [-0.05, 0) is 6.92 Å². The van der Waals surface area contributed by atoms with Crippen LogP contribution in [0.5, 0.6) is 0 Å². The summed E-state index contributed by atoms with van der Waals surface area (Å²) in [6.07, 6.45) is -0.447. The summed E-state index contributed by atoms with van der Waals surface area (Å²) in [6.45, 7) is 2.10. The third-order valence-corrected chi connectivity index (χ3v) is 1.90. The van der Waals surface area contributed by atoms with Gasteiger partial charge in [0, 0.05) is 12.3 Å². The first kappa shape index (κ1) is 7.95. The lowest BCUT2D eigenvalue weighted by Crippen LogP contribution is -2.35. The summed E-state index contributed by atoms with van der Waals surface area (Å²) < 4.78 is 18.0. The van der Waals surface area contributed by atoms with E-state index in [2.05, 4.69) is 0 Å². The lowest BCUT2D eigenvalue weighted by atomic mass is 9.98. The fourth-order valence-corrected chi connectivity index (χ4v) is 1.14. The molecule has 1 fully saturated rings. The molecule has 0 bridgehead atoms. The molecule has 0 unspecified atom stereocenters. The normalized spacial score (nSPS) is 41.7. The van der Waals surface area contributed by atoms with Gasteiger partial charge in [0.15, 0.2) is 0 Å². The van der Waals surface area contributed by atoms with Crippen LogP contribution in [0.15, 0.2) is 0 Å². The minimum Gasteiger partial charge on any atom is -0.396 e. The number of ether oxygens (including phenoxy) is 1. The zero-order valence-electron chi connectivity index (χ0n) is 6.09. The number of hydrogen-bond donors (Lipinski definition) is 1. The molecule has 0 aliphatic carbocycles. The quantitative estimate of drug-likeness (QED) is 0.594. The maximum atomic E-state index is 12.9. The Hall–Kier alpha value is -0.150. The van der Waals surface area contributed by atoms with Gasteiger partial charge < -0.3 is 9.84 Å². The molecule has 10 heavy (non-hydrogen) atoms. The zero-order chi connectivity index (χ0) is 7.56. The van der Waals surface area contributed by atoms with Crippen molar-refractivity contribution < 1.29 is 14.2 Å². The van der Waals surface area contributed by atoms with E-state index in [9.17, 15) is 4.39 Å². The Morgan fingerprint density at radius 2 is 2.40 bits per heavy atom. The highest BCUT2D eigenvalue weighted by Crippen LogP contribution is 2.21. The molecular weight excluding hydrogens is 135 g/mol. The second kappa shape index (κ2) is 3.30. The van der Waals surface area contributed by atoms with Crippen LogP contribution >= 0.6 is 0 Å². The highest BCUT2D eigenvalue weighted by atomic mass is 19.1. The molecule has 0 aromatic rings. The molecule has 0 spiro atoms. The third kappa shape index (κ3) is 1.67. The molecule has 2 nitrogen and oxygen atoms in total. The largest absolute Gasteiger partial charge is 0.396 e. The predicted octanol–water partition coefficient (Wildman–Crippen LogP) is 0.742. The molecule has 0 aromatic carbocycles. The monoisotopic (exact) mass is 148 g/mol. The van der Waals surface area contributed by atoms with Crippen molar-refractivity contribution in [2.75, 3.05) is 13.2 Å². The van der Waals surface area contributed by atoms with Crippen molar-refractivity contribution in [2.45, 2.75) is 25.6 Å². The first-order chi connectivity index (χ1) is 4.74. The van der Waals surface area contributed by atoms with Gasteiger partial charge in [-0.2, -0.15) is 0 Å². The second-order valence-electron chi connectivity index (χ2n) is 2.84. The van der Waals surface area contributed by atoms with Crippen molar-refractivity contribution in [1.82, 2.24) is 0 Å². The molecule has 1 aliphatic heterocycles. The van der Waals surface area contributed by atoms with Crippen molar-refractivity contribution in [1.29, 1.82) is 0 Å². The Kier molecular flexibility index (Phi) is 2.63. The minimum absolute atomic E-state index is 0.0119. The molecule has 1 heterocycles. The smallest absolute Gasteiger partial charge is 0.110 e. The molecule has 0 radical (unpaired) electrons. The SMILES string of the molecule is C[C@@H]1C[C@H](F)[C@@H](CO)CO1. The predicted molar refractivity (Wildman–Crippen MR) is 35.5 cm³/mol. The first-order valence-electron chi connectivity index (χ1n) is 3.60. The highest BCUT2D eigenvalue weighted by molar-refractivity contribution is 4.75. The Balaban J connectivity index is 2.36. The maximum absolute atomic E-state index is 12.9. The Bertz CT molecular complexity index is 108. The molecule has 1 rings (SSSR count). The third-order valence-electron chi connectivity index (χ3n) is 1.90. The van der Waals surface area contributed by atoms with E-state index in [0.29, 0.717) is 13.0 Å². The second-order valence-corrected chi connectivity index (χ2v) is 2.84. The highest BCUT2D eigenvalue weighted by Gasteiger charge is 2.28. The van der Waals surface area contributed by atoms with Crippen molar-refractivity contribution in [3.63, 3.8) is 0 Å². The van der Waals surface area contributed by atoms with Crippen LogP contribution in [0.4, 0.5) is 4.39 Å². The van der Waals surface area contributed by atoms with Gasteiger partial charge in [-0.15, -0.1) is 0 Å². The molecule has 0 amide bonds. The van der Waals surface area contributed by atoms with Crippen LogP contribution < -0.4 is 0 Å². The van der Waals surface area contributed by atoms with Crippen LogP contribution in [0.1, 0.15) is 13.3 Å². The van der Waals surface area contributed by atoms with E-state index in [1.807, 2.05) is 6.92 Å². The van der Waals surface area contributed by atoms with E-state index >= 15 is 0 Å². The fraction of sp³-hybridized carbons (Fsp3) is 1.00. The van der Waals surface area contributed by atoms with Gasteiger partial charge in [0.1, 0.15) is 6.17 Å². The van der Waals surface area contributed by atoms with Crippen molar-refractivity contribution in [3.8, 4) is 0 Å². The lowest BCUT2D eigenvalue weighted by Gasteiger charge is -2.28. The summed E-state index contributed by atoms with van der Waals surface area (Å²) in [7, 11) is 0. The van der Waals surface area contributed by atoms with Gasteiger partial charge in [-0.3, -0.25) is 0 Å². The molecule has 0 saturated carbocycles. The van der Waals surface area contributed by atoms with Gasteiger partial charge >= 0.3 is 0 Å². The van der Waals surface area contributed by atoms with E-state index in [0.717, 1.165) is 0 Å². The number of aliphatic hydroxyl groups is 1. The van der Waals surface area contributed by atoms with Crippen LogP contribution in [0.2, 0.25) is 0 Å². The Morgan fingerprint density at radius 1 is 1.70 bits per heavy atom. The van der Waals surface area contributed by atoms with Crippen LogP contribution in [-0.4, -0.2) is 30.6 Å². The van der Waals surface area contributed by atoms with E-state index < -0.39 is 6.17 Å². The molecule has 3 heteroatoms. The van der Waals surface area contributed by atoms with Gasteiger partial charge in [0.2, 0.25) is 0 Å². The van der Waals surface area contributed by atoms with E-state index in [-0.39, 0.29) is 18.6 Å². The van der Waals surface area contributed by atoms with E-state index in [1.165, 1.54) is 0 Å². The number of alkyl halides is 1. The van der Waals surface area contributed by atoms with Gasteiger partial charge in [-0.1, -0.05) is 0 Å². The van der Waals surface area contributed by atoms with E-state index in [4.69, 9.17) is 9.84 Å². The van der Waals surface area contributed by atoms with Gasteiger partial charge in [0.25, 0.3) is 0 Å². The summed E-state index contributed by atoms with van der Waals surface area (Å²) in [5.41, 5.74) is 0. The fourth-order valence-electron chi connectivity index (χ4n) is 1.14. The maximum Gasteiger partial charge on any atom is 0.110 e. The molecule has 0 aromatic heterocycles. The molecule has 1 aliphatic rings. The average molecular weight is 148 g/mol. The van der Waals surface area contributed by atoms with Crippen molar-refractivity contribution >= 4 is 0 Å². The van der Waals surface area contributed by atoms with Crippen molar-refractivity contribution in [3.05, 3.63) is 0 Å². The summed E-state index contributed by atoms with van der Waals surface area (Å²) in [5.74, 6) is -0.295. The number of rotatable bonds is 1. The Labute approximate surface area is 60.0 Å². The number of aliphatic hydroxyl groups excluding tert-OH is 1. The number of hydrogen-bond acceptors (Lipinski definition) is 2. The van der Waals surface area contributed by atoms with E-state index in [1.54, 1.807) is 0 Å². The molecule has 3 atom stereocenters. The molecule has 60 valence electrons.